The van der Waals surface area contributed by atoms with E-state index in [0.29, 0.717) is 0 Å². The summed E-state index contributed by atoms with van der Waals surface area (Å²) in [6, 6.07) is 7.77. The van der Waals surface area contributed by atoms with Gasteiger partial charge in [0.2, 0.25) is 0 Å². The molecule has 0 aliphatic rings. The number of rotatable bonds is 6. The van der Waals surface area contributed by atoms with Crippen LogP contribution >= 0.6 is 0 Å². The molecule has 0 amide bonds. The number of nitrogens with zero attached hydrogens (tertiary/aromatic N) is 2. The standard InChI is InChI=1S/C19H25F3N2O3Si/c1-18(2,3)28(4,5)27-12-11-24-16(17(25)26)14(19(20,21)22)15(23-24)13-9-7-6-8-10-13/h6-10H,11-12H2,1-5H3,(H,25,26). The highest BCUT2D eigenvalue weighted by molar-refractivity contribution is 6.74. The molecular formula is C19H25F3N2O3Si. The van der Waals surface area contributed by atoms with Crippen LogP contribution in [0.3, 0.4) is 0 Å². The van der Waals surface area contributed by atoms with Gasteiger partial charge in [0.15, 0.2) is 14.0 Å². The van der Waals surface area contributed by atoms with Gasteiger partial charge in [0.1, 0.15) is 11.3 Å². The van der Waals surface area contributed by atoms with Crippen LogP contribution in [0.15, 0.2) is 30.3 Å². The molecule has 0 atom stereocenters. The van der Waals surface area contributed by atoms with Gasteiger partial charge < -0.3 is 9.53 Å². The first-order chi connectivity index (χ1) is 12.8. The first kappa shape index (κ1) is 22.2. The second-order valence-corrected chi connectivity index (χ2v) is 12.9. The Labute approximate surface area is 163 Å². The molecule has 1 aromatic carbocycles. The number of alkyl halides is 3. The molecule has 9 heteroatoms. The Bertz CT molecular complexity index is 841. The summed E-state index contributed by atoms with van der Waals surface area (Å²) in [4.78, 5) is 11.7. The Morgan fingerprint density at radius 3 is 2.21 bits per heavy atom. The Morgan fingerprint density at radius 1 is 1.18 bits per heavy atom. The van der Waals surface area contributed by atoms with Crippen molar-refractivity contribution in [3.8, 4) is 11.3 Å². The number of carboxylic acids is 1. The van der Waals surface area contributed by atoms with Gasteiger partial charge in [-0.15, -0.1) is 0 Å². The van der Waals surface area contributed by atoms with Gasteiger partial charge in [0, 0.05) is 5.56 Å². The maximum absolute atomic E-state index is 13.7. The molecule has 0 radical (unpaired) electrons. The van der Waals surface area contributed by atoms with Crippen LogP contribution < -0.4 is 0 Å². The molecule has 1 heterocycles. The Hall–Kier alpha value is -2.13. The zero-order chi connectivity index (χ0) is 21.3. The molecule has 0 saturated carbocycles. The van der Waals surface area contributed by atoms with Crippen molar-refractivity contribution in [1.29, 1.82) is 0 Å². The van der Waals surface area contributed by atoms with Crippen molar-refractivity contribution in [2.75, 3.05) is 6.61 Å². The van der Waals surface area contributed by atoms with E-state index in [2.05, 4.69) is 5.10 Å². The Kier molecular flexibility index (Phi) is 6.10. The zero-order valence-electron chi connectivity index (χ0n) is 16.6. The van der Waals surface area contributed by atoms with E-state index in [1.165, 1.54) is 12.1 Å². The number of aromatic carboxylic acids is 1. The van der Waals surface area contributed by atoms with Gasteiger partial charge in [-0.3, -0.25) is 4.68 Å². The van der Waals surface area contributed by atoms with Crippen molar-refractivity contribution in [3.63, 3.8) is 0 Å². The summed E-state index contributed by atoms with van der Waals surface area (Å²) in [5.41, 5.74) is -2.29. The minimum absolute atomic E-state index is 0.0704. The first-order valence-electron chi connectivity index (χ1n) is 8.86. The molecule has 0 spiro atoms. The maximum atomic E-state index is 13.7. The van der Waals surface area contributed by atoms with E-state index < -0.39 is 37.4 Å². The lowest BCUT2D eigenvalue weighted by Gasteiger charge is -2.36. The van der Waals surface area contributed by atoms with Crippen LogP contribution in [0.5, 0.6) is 0 Å². The van der Waals surface area contributed by atoms with Crippen molar-refractivity contribution in [2.45, 2.75) is 51.6 Å². The molecule has 2 rings (SSSR count). The fourth-order valence-electron chi connectivity index (χ4n) is 2.51. The highest BCUT2D eigenvalue weighted by atomic mass is 28.4. The molecule has 0 saturated heterocycles. The average molecular weight is 415 g/mol. The molecule has 5 nitrogen and oxygen atoms in total. The van der Waals surface area contributed by atoms with Gasteiger partial charge in [0.25, 0.3) is 0 Å². The van der Waals surface area contributed by atoms with Crippen LogP contribution in [-0.4, -0.2) is 35.8 Å². The minimum Gasteiger partial charge on any atom is -0.477 e. The third kappa shape index (κ3) is 4.64. The molecule has 0 bridgehead atoms. The van der Waals surface area contributed by atoms with Gasteiger partial charge in [0.05, 0.1) is 13.2 Å². The second-order valence-electron chi connectivity index (χ2n) is 8.07. The van der Waals surface area contributed by atoms with Crippen LogP contribution in [0.4, 0.5) is 13.2 Å². The fraction of sp³-hybridized carbons (Fsp3) is 0.474. The van der Waals surface area contributed by atoms with Gasteiger partial charge >= 0.3 is 12.1 Å². The number of hydrogen-bond donors (Lipinski definition) is 1. The highest BCUT2D eigenvalue weighted by Gasteiger charge is 2.43. The third-order valence-electron chi connectivity index (χ3n) is 5.06. The summed E-state index contributed by atoms with van der Waals surface area (Å²) < 4.78 is 48.0. The zero-order valence-corrected chi connectivity index (χ0v) is 17.6. The van der Waals surface area contributed by atoms with Gasteiger partial charge in [-0.2, -0.15) is 18.3 Å². The van der Waals surface area contributed by atoms with Crippen LogP contribution in [-0.2, 0) is 17.1 Å². The van der Waals surface area contributed by atoms with Crippen LogP contribution in [0.1, 0.15) is 36.8 Å². The van der Waals surface area contributed by atoms with E-state index in [4.69, 9.17) is 4.43 Å². The largest absolute Gasteiger partial charge is 0.477 e. The summed E-state index contributed by atoms with van der Waals surface area (Å²) in [6.45, 7) is 10.2. The molecule has 154 valence electrons. The quantitative estimate of drug-likeness (QED) is 0.653. The predicted molar refractivity (Wildman–Crippen MR) is 103 cm³/mol. The minimum atomic E-state index is -4.85. The van der Waals surface area contributed by atoms with Gasteiger partial charge in [-0.1, -0.05) is 51.1 Å². The molecular weight excluding hydrogens is 389 g/mol. The van der Waals surface area contributed by atoms with Crippen LogP contribution in [0, 0.1) is 0 Å². The first-order valence-corrected chi connectivity index (χ1v) is 11.8. The number of halogens is 3. The smallest absolute Gasteiger partial charge is 0.420 e. The number of aromatic nitrogens is 2. The second kappa shape index (κ2) is 7.71. The summed E-state index contributed by atoms with van der Waals surface area (Å²) >= 11 is 0. The van der Waals surface area contributed by atoms with Crippen molar-refractivity contribution in [2.24, 2.45) is 0 Å². The van der Waals surface area contributed by atoms with Crippen LogP contribution in [0.2, 0.25) is 18.1 Å². The molecule has 0 unspecified atom stereocenters. The fourth-order valence-corrected chi connectivity index (χ4v) is 3.55. The summed E-state index contributed by atoms with van der Waals surface area (Å²) in [6.07, 6.45) is -4.85. The summed E-state index contributed by atoms with van der Waals surface area (Å²) in [5, 5.41) is 13.4. The Morgan fingerprint density at radius 2 is 1.75 bits per heavy atom. The molecule has 0 fully saturated rings. The maximum Gasteiger partial charge on any atom is 0.420 e. The molecule has 28 heavy (non-hydrogen) atoms. The van der Waals surface area contributed by atoms with E-state index in [1.54, 1.807) is 18.2 Å². The van der Waals surface area contributed by atoms with E-state index >= 15 is 0 Å². The lowest BCUT2D eigenvalue weighted by atomic mass is 10.1. The lowest BCUT2D eigenvalue weighted by Crippen LogP contribution is -2.41. The summed E-state index contributed by atoms with van der Waals surface area (Å²) in [5.74, 6) is -1.67. The van der Waals surface area contributed by atoms with E-state index in [1.807, 2.05) is 33.9 Å². The number of carboxylic acid groups (broad SMARTS) is 1. The highest BCUT2D eigenvalue weighted by Crippen LogP contribution is 2.40. The molecule has 0 aliphatic heterocycles. The van der Waals surface area contributed by atoms with Crippen molar-refractivity contribution < 1.29 is 27.5 Å². The van der Waals surface area contributed by atoms with Crippen LogP contribution in [0.25, 0.3) is 11.3 Å². The van der Waals surface area contributed by atoms with Gasteiger partial charge in [-0.05, 0) is 18.1 Å². The molecule has 2 aromatic rings. The number of benzene rings is 1. The number of hydrogen-bond acceptors (Lipinski definition) is 3. The van der Waals surface area contributed by atoms with E-state index in [0.717, 1.165) is 4.68 Å². The molecule has 1 N–H and O–H groups in total. The van der Waals surface area contributed by atoms with Crippen molar-refractivity contribution in [1.82, 2.24) is 9.78 Å². The van der Waals surface area contributed by atoms with E-state index in [9.17, 15) is 23.1 Å². The number of carbonyl (C=O) groups is 1. The topological polar surface area (TPSA) is 64.4 Å². The van der Waals surface area contributed by atoms with Gasteiger partial charge in [-0.25, -0.2) is 4.79 Å². The lowest BCUT2D eigenvalue weighted by molar-refractivity contribution is -0.137. The average Bonchev–Trinajstić information content (AvgIpc) is 2.94. The normalized spacial score (nSPS) is 13.0. The molecule has 1 aromatic heterocycles. The SMILES string of the molecule is CC(C)(C)[Si](C)(C)OCCn1nc(-c2ccccc2)c(C(F)(F)F)c1C(=O)O. The monoisotopic (exact) mass is 414 g/mol. The third-order valence-corrected chi connectivity index (χ3v) is 9.60. The van der Waals surface area contributed by atoms with Crippen molar-refractivity contribution in [3.05, 3.63) is 41.6 Å². The molecule has 0 aliphatic carbocycles. The predicted octanol–water partition coefficient (Wildman–Crippen LogP) is 5.29. The summed E-state index contributed by atoms with van der Waals surface area (Å²) in [7, 11) is -2.12. The van der Waals surface area contributed by atoms with Crippen molar-refractivity contribution >= 4 is 14.3 Å². The van der Waals surface area contributed by atoms with E-state index in [-0.39, 0.29) is 23.8 Å². The Balaban J connectivity index is 2.45.